The molecule has 162 valence electrons. The molecule has 0 aliphatic carbocycles. The summed E-state index contributed by atoms with van der Waals surface area (Å²) in [4.78, 5) is 15.2. The van der Waals surface area contributed by atoms with Crippen molar-refractivity contribution >= 4 is 23.5 Å². The molecule has 2 aliphatic rings. The molecule has 0 bridgehead atoms. The summed E-state index contributed by atoms with van der Waals surface area (Å²) in [5.74, 6) is 2.20. The second-order valence-corrected chi connectivity index (χ2v) is 8.15. The maximum absolute atomic E-state index is 13.1. The van der Waals surface area contributed by atoms with E-state index in [4.69, 9.17) is 25.8 Å². The molecule has 3 aromatic carbocycles. The number of carbonyl (C=O) groups is 1. The summed E-state index contributed by atoms with van der Waals surface area (Å²) in [5, 5.41) is 0.712. The molecule has 0 N–H and O–H groups in total. The van der Waals surface area contributed by atoms with Gasteiger partial charge in [-0.05, 0) is 48.9 Å². The van der Waals surface area contributed by atoms with Crippen LogP contribution in [-0.2, 0) is 13.1 Å². The van der Waals surface area contributed by atoms with Crippen LogP contribution >= 0.6 is 11.6 Å². The van der Waals surface area contributed by atoms with Gasteiger partial charge in [-0.15, -0.1) is 0 Å². The number of ketones is 1. The van der Waals surface area contributed by atoms with Crippen LogP contribution in [0.25, 0.3) is 6.08 Å². The molecule has 0 saturated heterocycles. The molecule has 32 heavy (non-hydrogen) atoms. The second-order valence-electron chi connectivity index (χ2n) is 7.72. The summed E-state index contributed by atoms with van der Waals surface area (Å²) in [5.41, 5.74) is 3.39. The van der Waals surface area contributed by atoms with Gasteiger partial charge in [0.05, 0.1) is 17.7 Å². The zero-order chi connectivity index (χ0) is 22.1. The van der Waals surface area contributed by atoms with Gasteiger partial charge in [-0.2, -0.15) is 0 Å². The Kier molecular flexibility index (Phi) is 5.60. The highest BCUT2D eigenvalue weighted by molar-refractivity contribution is 6.30. The predicted octanol–water partition coefficient (Wildman–Crippen LogP) is 5.71. The van der Waals surface area contributed by atoms with Gasteiger partial charge in [0.2, 0.25) is 5.78 Å². The van der Waals surface area contributed by atoms with Crippen LogP contribution in [0.3, 0.4) is 0 Å². The Balaban J connectivity index is 1.42. The van der Waals surface area contributed by atoms with Crippen LogP contribution < -0.4 is 14.2 Å². The van der Waals surface area contributed by atoms with Gasteiger partial charge in [0.1, 0.15) is 24.0 Å². The zero-order valence-corrected chi connectivity index (χ0v) is 18.4. The maximum Gasteiger partial charge on any atom is 0.231 e. The molecule has 0 unspecified atom stereocenters. The second kappa shape index (κ2) is 8.69. The van der Waals surface area contributed by atoms with Crippen molar-refractivity contribution in [1.82, 2.24) is 4.90 Å². The van der Waals surface area contributed by atoms with E-state index in [1.165, 1.54) is 0 Å². The third-order valence-electron chi connectivity index (χ3n) is 5.51. The molecule has 0 fully saturated rings. The molecule has 6 heteroatoms. The highest BCUT2D eigenvalue weighted by atomic mass is 35.5. The highest BCUT2D eigenvalue weighted by Gasteiger charge is 2.33. The molecular formula is C26H22ClNO4. The number of nitrogens with zero attached hydrogens (tertiary/aromatic N) is 1. The number of allylic oxidation sites excluding steroid dienone is 1. The van der Waals surface area contributed by atoms with E-state index in [9.17, 15) is 4.79 Å². The fourth-order valence-corrected chi connectivity index (χ4v) is 4.11. The van der Waals surface area contributed by atoms with E-state index in [2.05, 4.69) is 4.90 Å². The molecule has 2 heterocycles. The topological polar surface area (TPSA) is 48.0 Å². The Morgan fingerprint density at radius 1 is 1.09 bits per heavy atom. The lowest BCUT2D eigenvalue weighted by molar-refractivity contribution is 0.0873. The van der Waals surface area contributed by atoms with Gasteiger partial charge in [0, 0.05) is 23.7 Å². The molecule has 5 rings (SSSR count). The number of para-hydroxylation sites is 1. The van der Waals surface area contributed by atoms with Gasteiger partial charge >= 0.3 is 0 Å². The van der Waals surface area contributed by atoms with E-state index in [0.717, 1.165) is 22.4 Å². The number of carbonyl (C=O) groups excluding carboxylic acids is 1. The molecule has 0 amide bonds. The van der Waals surface area contributed by atoms with Gasteiger partial charge in [0.25, 0.3) is 0 Å². The number of hydrogen-bond acceptors (Lipinski definition) is 5. The molecule has 0 saturated carbocycles. The molecule has 5 nitrogen and oxygen atoms in total. The molecule has 0 radical (unpaired) electrons. The van der Waals surface area contributed by atoms with E-state index >= 15 is 0 Å². The highest BCUT2D eigenvalue weighted by Crippen LogP contribution is 2.42. The van der Waals surface area contributed by atoms with Crippen LogP contribution in [0, 0.1) is 0 Å². The molecular weight excluding hydrogens is 426 g/mol. The smallest absolute Gasteiger partial charge is 0.231 e. The lowest BCUT2D eigenvalue weighted by Gasteiger charge is -2.29. The number of rotatable bonds is 5. The number of Topliss-reactive ketones (excluding diaryl/α,β-unsaturated/α-hetero) is 1. The fraction of sp³-hybridized carbons (Fsp3) is 0.192. The van der Waals surface area contributed by atoms with Crippen LogP contribution in [0.5, 0.6) is 17.2 Å². The van der Waals surface area contributed by atoms with E-state index < -0.39 is 0 Å². The number of halogens is 1. The molecule has 0 atom stereocenters. The summed E-state index contributed by atoms with van der Waals surface area (Å²) in [6.45, 7) is 4.27. The summed E-state index contributed by atoms with van der Waals surface area (Å²) in [6, 6.07) is 19.0. The first kappa shape index (κ1) is 20.6. The average Bonchev–Trinajstić information content (AvgIpc) is 3.12. The normalized spacial score (nSPS) is 16.3. The molecule has 0 spiro atoms. The van der Waals surface area contributed by atoms with Crippen molar-refractivity contribution in [3.8, 4) is 17.2 Å². The van der Waals surface area contributed by atoms with Crippen molar-refractivity contribution < 1.29 is 19.0 Å². The Morgan fingerprint density at radius 2 is 1.91 bits per heavy atom. The first-order valence-electron chi connectivity index (χ1n) is 10.5. The largest absolute Gasteiger partial charge is 0.493 e. The van der Waals surface area contributed by atoms with Crippen molar-refractivity contribution in [2.75, 3.05) is 13.3 Å². The van der Waals surface area contributed by atoms with Crippen LogP contribution in [0.2, 0.25) is 5.02 Å². The van der Waals surface area contributed by atoms with Crippen molar-refractivity contribution in [3.05, 3.63) is 93.7 Å². The van der Waals surface area contributed by atoms with Crippen molar-refractivity contribution in [3.63, 3.8) is 0 Å². The predicted molar refractivity (Wildman–Crippen MR) is 123 cm³/mol. The van der Waals surface area contributed by atoms with E-state index in [-0.39, 0.29) is 11.5 Å². The first-order chi connectivity index (χ1) is 15.6. The van der Waals surface area contributed by atoms with Gasteiger partial charge in [-0.25, -0.2) is 0 Å². The summed E-state index contributed by atoms with van der Waals surface area (Å²) in [6.07, 6.45) is 1.74. The number of fused-ring (bicyclic) bond motifs is 3. The van der Waals surface area contributed by atoms with Crippen molar-refractivity contribution in [2.45, 2.75) is 20.0 Å². The quantitative estimate of drug-likeness (QED) is 0.469. The van der Waals surface area contributed by atoms with Gasteiger partial charge in [0.15, 0.2) is 5.76 Å². The third-order valence-corrected chi connectivity index (χ3v) is 5.76. The van der Waals surface area contributed by atoms with Crippen LogP contribution in [-0.4, -0.2) is 24.0 Å². The Labute approximate surface area is 191 Å². The van der Waals surface area contributed by atoms with E-state index in [1.807, 2.05) is 61.5 Å². The van der Waals surface area contributed by atoms with Crippen molar-refractivity contribution in [1.29, 1.82) is 0 Å². The summed E-state index contributed by atoms with van der Waals surface area (Å²) < 4.78 is 17.7. The third kappa shape index (κ3) is 3.97. The van der Waals surface area contributed by atoms with E-state index in [0.29, 0.717) is 48.5 Å². The summed E-state index contributed by atoms with van der Waals surface area (Å²) in [7, 11) is 0. The number of hydrogen-bond donors (Lipinski definition) is 0. The molecule has 3 aromatic rings. The van der Waals surface area contributed by atoms with Crippen molar-refractivity contribution in [2.24, 2.45) is 0 Å². The average molecular weight is 448 g/mol. The van der Waals surface area contributed by atoms with Crippen LogP contribution in [0.1, 0.15) is 34.0 Å². The minimum Gasteiger partial charge on any atom is -0.493 e. The molecule has 0 aromatic heterocycles. The van der Waals surface area contributed by atoms with Gasteiger partial charge in [-0.1, -0.05) is 41.9 Å². The Hall–Kier alpha value is -3.28. The fourth-order valence-electron chi connectivity index (χ4n) is 3.98. The van der Waals surface area contributed by atoms with E-state index in [1.54, 1.807) is 12.1 Å². The van der Waals surface area contributed by atoms with Crippen LogP contribution in [0.4, 0.5) is 0 Å². The summed E-state index contributed by atoms with van der Waals surface area (Å²) >= 11 is 6.00. The van der Waals surface area contributed by atoms with Gasteiger partial charge in [-0.3, -0.25) is 9.69 Å². The monoisotopic (exact) mass is 447 g/mol. The SMILES string of the molecule is CCOc1ccccc1/C=C1\Oc2c(ccc3c2CN(Cc2ccc(Cl)cc2)CO3)C1=O. The minimum absolute atomic E-state index is 0.135. The van der Waals surface area contributed by atoms with Crippen LogP contribution in [0.15, 0.2) is 66.4 Å². The lowest BCUT2D eigenvalue weighted by atomic mass is 10.0. The Morgan fingerprint density at radius 3 is 2.72 bits per heavy atom. The Bertz CT molecular complexity index is 1200. The van der Waals surface area contributed by atoms with Gasteiger partial charge < -0.3 is 14.2 Å². The zero-order valence-electron chi connectivity index (χ0n) is 17.6. The lowest BCUT2D eigenvalue weighted by Crippen LogP contribution is -2.31. The number of ether oxygens (including phenoxy) is 3. The minimum atomic E-state index is -0.135. The maximum atomic E-state index is 13.1. The first-order valence-corrected chi connectivity index (χ1v) is 10.9. The standard InChI is InChI=1S/C26H22ClNO4/c1-2-30-22-6-4-3-5-18(22)13-24-25(29)20-11-12-23-21(26(20)32-24)15-28(16-31-23)14-17-7-9-19(27)10-8-17/h3-13H,2,14-16H2,1H3/b24-13-. The number of benzene rings is 3. The molecule has 2 aliphatic heterocycles.